The fourth-order valence-corrected chi connectivity index (χ4v) is 3.35. The number of fused-ring (bicyclic) bond motifs is 1. The van der Waals surface area contributed by atoms with Crippen molar-refractivity contribution >= 4 is 22.6 Å². The lowest BCUT2D eigenvalue weighted by atomic mass is 10.1. The van der Waals surface area contributed by atoms with E-state index in [1.165, 1.54) is 0 Å². The molecule has 2 N–H and O–H groups in total. The summed E-state index contributed by atoms with van der Waals surface area (Å²) in [5.74, 6) is 0.285. The molecular formula is C21H21N5O3. The zero-order valence-electron chi connectivity index (χ0n) is 16.2. The zero-order chi connectivity index (χ0) is 20.4. The number of aryl methyl sites for hydroxylation is 4. The number of aromatic amines is 1. The minimum atomic E-state index is -0.653. The van der Waals surface area contributed by atoms with Crippen LogP contribution in [-0.2, 0) is 19.4 Å². The summed E-state index contributed by atoms with van der Waals surface area (Å²) in [6.07, 6.45) is 4.86. The van der Waals surface area contributed by atoms with Crippen LogP contribution in [0.4, 0.5) is 5.82 Å². The lowest BCUT2D eigenvalue weighted by molar-refractivity contribution is 0.102. The van der Waals surface area contributed by atoms with Crippen molar-refractivity contribution in [2.75, 3.05) is 5.32 Å². The maximum atomic E-state index is 12.5. The van der Waals surface area contributed by atoms with E-state index < -0.39 is 11.5 Å². The number of aromatic nitrogens is 4. The number of hydrogen-bond donors (Lipinski definition) is 2. The number of carbonyl (C=O) groups excluding carboxylic acids is 1. The number of anilines is 1. The molecule has 0 aliphatic heterocycles. The van der Waals surface area contributed by atoms with Gasteiger partial charge in [-0.1, -0.05) is 23.4 Å². The van der Waals surface area contributed by atoms with E-state index in [0.717, 1.165) is 22.9 Å². The van der Waals surface area contributed by atoms with E-state index in [-0.39, 0.29) is 5.56 Å². The Kier molecular flexibility index (Phi) is 4.99. The van der Waals surface area contributed by atoms with Crippen molar-refractivity contribution in [3.05, 3.63) is 75.6 Å². The van der Waals surface area contributed by atoms with Gasteiger partial charge in [-0.15, -0.1) is 5.10 Å². The number of benzene rings is 1. The average Bonchev–Trinajstić information content (AvgIpc) is 3.32. The molecule has 0 radical (unpaired) electrons. The molecule has 1 aromatic carbocycles. The van der Waals surface area contributed by atoms with E-state index in [9.17, 15) is 9.59 Å². The molecule has 3 heterocycles. The molecule has 8 heteroatoms. The molecule has 4 rings (SSSR count). The van der Waals surface area contributed by atoms with Crippen LogP contribution in [0.2, 0.25) is 0 Å². The molecule has 8 nitrogen and oxygen atoms in total. The lowest BCUT2D eigenvalue weighted by Gasteiger charge is -2.06. The van der Waals surface area contributed by atoms with E-state index in [1.54, 1.807) is 23.9 Å². The van der Waals surface area contributed by atoms with Crippen LogP contribution in [0.1, 0.15) is 34.2 Å². The Bertz CT molecular complexity index is 1230. The molecular weight excluding hydrogens is 370 g/mol. The summed E-state index contributed by atoms with van der Waals surface area (Å²) in [6, 6.07) is 9.81. The topological polar surface area (TPSA) is 106 Å². The van der Waals surface area contributed by atoms with Crippen molar-refractivity contribution in [2.24, 2.45) is 0 Å². The third-order valence-electron chi connectivity index (χ3n) is 4.85. The molecule has 0 unspecified atom stereocenters. The van der Waals surface area contributed by atoms with E-state index in [1.807, 2.05) is 31.3 Å². The minimum Gasteiger partial charge on any atom is -0.427 e. The molecule has 0 aliphatic carbocycles. The van der Waals surface area contributed by atoms with Gasteiger partial charge in [0.25, 0.3) is 5.91 Å². The maximum absolute atomic E-state index is 12.5. The molecule has 3 aromatic heterocycles. The van der Waals surface area contributed by atoms with Gasteiger partial charge in [0.15, 0.2) is 5.82 Å². The summed E-state index contributed by atoms with van der Waals surface area (Å²) >= 11 is 0. The Labute approximate surface area is 166 Å². The van der Waals surface area contributed by atoms with Crippen molar-refractivity contribution < 1.29 is 9.21 Å². The number of para-hydroxylation sites is 1. The van der Waals surface area contributed by atoms with Crippen molar-refractivity contribution in [2.45, 2.75) is 33.2 Å². The quantitative estimate of drug-likeness (QED) is 0.525. The normalized spacial score (nSPS) is 11.1. The number of H-pyrrole nitrogens is 1. The molecule has 0 bridgehead atoms. The standard InChI is InChI=1S/C21H21N5O3/c1-3-26-12-18(24-25-26)23-20(27)19-13(2)10-15(29-21(19)28)9-8-14-11-22-17-7-5-4-6-16(14)17/h4-7,10-12,22H,3,8-9H2,1-2H3,(H,23,27). The Morgan fingerprint density at radius 2 is 2.10 bits per heavy atom. The van der Waals surface area contributed by atoms with Gasteiger partial charge in [0.1, 0.15) is 11.3 Å². The van der Waals surface area contributed by atoms with Crippen molar-refractivity contribution in [1.82, 2.24) is 20.0 Å². The molecule has 0 saturated carbocycles. The molecule has 0 atom stereocenters. The number of carbonyl (C=O) groups is 1. The summed E-state index contributed by atoms with van der Waals surface area (Å²) in [7, 11) is 0. The SMILES string of the molecule is CCn1cc(NC(=O)c2c(C)cc(CCc3c[nH]c4ccccc34)oc2=O)nn1. The summed E-state index contributed by atoms with van der Waals surface area (Å²) in [5.41, 5.74) is 2.12. The highest BCUT2D eigenvalue weighted by atomic mass is 16.4. The Hall–Kier alpha value is -3.68. The predicted molar refractivity (Wildman–Crippen MR) is 109 cm³/mol. The van der Waals surface area contributed by atoms with Gasteiger partial charge in [0, 0.05) is 30.1 Å². The van der Waals surface area contributed by atoms with E-state index in [4.69, 9.17) is 4.42 Å². The van der Waals surface area contributed by atoms with Gasteiger partial charge < -0.3 is 14.7 Å². The summed E-state index contributed by atoms with van der Waals surface area (Å²) in [6.45, 7) is 4.27. The van der Waals surface area contributed by atoms with Crippen LogP contribution < -0.4 is 10.9 Å². The molecule has 29 heavy (non-hydrogen) atoms. The van der Waals surface area contributed by atoms with Crippen LogP contribution in [0, 0.1) is 6.92 Å². The van der Waals surface area contributed by atoms with E-state index in [2.05, 4.69) is 26.7 Å². The molecule has 0 saturated heterocycles. The van der Waals surface area contributed by atoms with E-state index in [0.29, 0.717) is 30.1 Å². The number of nitrogens with one attached hydrogen (secondary N) is 2. The Balaban J connectivity index is 1.50. The second-order valence-electron chi connectivity index (χ2n) is 6.83. The van der Waals surface area contributed by atoms with Gasteiger partial charge in [0.2, 0.25) is 0 Å². The highest BCUT2D eigenvalue weighted by Crippen LogP contribution is 2.20. The zero-order valence-corrected chi connectivity index (χ0v) is 16.2. The summed E-state index contributed by atoms with van der Waals surface area (Å²) < 4.78 is 7.00. The first-order valence-electron chi connectivity index (χ1n) is 9.45. The molecule has 148 valence electrons. The van der Waals surface area contributed by atoms with E-state index >= 15 is 0 Å². The fourth-order valence-electron chi connectivity index (χ4n) is 3.35. The van der Waals surface area contributed by atoms with Crippen LogP contribution in [0.15, 0.2) is 51.9 Å². The van der Waals surface area contributed by atoms with Crippen LogP contribution in [0.5, 0.6) is 0 Å². The Morgan fingerprint density at radius 1 is 1.28 bits per heavy atom. The van der Waals surface area contributed by atoms with Crippen LogP contribution in [0.25, 0.3) is 10.9 Å². The summed E-state index contributed by atoms with van der Waals surface area (Å²) in [4.78, 5) is 28.2. The Morgan fingerprint density at radius 3 is 2.86 bits per heavy atom. The van der Waals surface area contributed by atoms with Crippen molar-refractivity contribution in [1.29, 1.82) is 0 Å². The van der Waals surface area contributed by atoms with Gasteiger partial charge in [0.05, 0.1) is 6.20 Å². The second-order valence-corrected chi connectivity index (χ2v) is 6.83. The highest BCUT2D eigenvalue weighted by Gasteiger charge is 2.18. The largest absolute Gasteiger partial charge is 0.427 e. The third-order valence-corrected chi connectivity index (χ3v) is 4.85. The predicted octanol–water partition coefficient (Wildman–Crippen LogP) is 3.08. The number of rotatable bonds is 6. The first-order valence-corrected chi connectivity index (χ1v) is 9.45. The first kappa shape index (κ1) is 18.7. The minimum absolute atomic E-state index is 0.0214. The molecule has 4 aromatic rings. The summed E-state index contributed by atoms with van der Waals surface area (Å²) in [5, 5.41) is 11.5. The van der Waals surface area contributed by atoms with Crippen LogP contribution >= 0.6 is 0 Å². The van der Waals surface area contributed by atoms with Gasteiger partial charge in [-0.25, -0.2) is 4.79 Å². The molecule has 0 spiro atoms. The third kappa shape index (κ3) is 3.82. The van der Waals surface area contributed by atoms with Gasteiger partial charge in [-0.2, -0.15) is 0 Å². The average molecular weight is 391 g/mol. The van der Waals surface area contributed by atoms with Gasteiger partial charge in [-0.3, -0.25) is 9.48 Å². The maximum Gasteiger partial charge on any atom is 0.349 e. The van der Waals surface area contributed by atoms with Crippen molar-refractivity contribution in [3.8, 4) is 0 Å². The van der Waals surface area contributed by atoms with Crippen LogP contribution in [-0.4, -0.2) is 25.9 Å². The second kappa shape index (κ2) is 7.75. The van der Waals surface area contributed by atoms with Gasteiger partial charge >= 0.3 is 5.63 Å². The van der Waals surface area contributed by atoms with Crippen LogP contribution in [0.3, 0.4) is 0 Å². The number of amides is 1. The monoisotopic (exact) mass is 391 g/mol. The van der Waals surface area contributed by atoms with Crippen molar-refractivity contribution in [3.63, 3.8) is 0 Å². The number of hydrogen-bond acceptors (Lipinski definition) is 5. The smallest absolute Gasteiger partial charge is 0.349 e. The molecule has 0 aliphatic rings. The lowest BCUT2D eigenvalue weighted by Crippen LogP contribution is -2.23. The van der Waals surface area contributed by atoms with Gasteiger partial charge in [-0.05, 0) is 43.5 Å². The molecule has 1 amide bonds. The first-order chi connectivity index (χ1) is 14.0. The highest BCUT2D eigenvalue weighted by molar-refractivity contribution is 6.04. The number of nitrogens with zero attached hydrogens (tertiary/aromatic N) is 3. The fraction of sp³-hybridized carbons (Fsp3) is 0.238. The molecule has 0 fully saturated rings.